The van der Waals surface area contributed by atoms with Gasteiger partial charge in [-0.25, -0.2) is 4.39 Å². The zero-order valence-electron chi connectivity index (χ0n) is 11.1. The number of nitrogens with zero attached hydrogens (tertiary/aromatic N) is 2. The molecule has 2 rings (SSSR count). The van der Waals surface area contributed by atoms with Crippen LogP contribution in [0.4, 0.5) is 4.39 Å². The van der Waals surface area contributed by atoms with Gasteiger partial charge in [0.25, 0.3) is 0 Å². The maximum Gasteiger partial charge on any atom is 0.166 e. The summed E-state index contributed by atoms with van der Waals surface area (Å²) in [6, 6.07) is 4.55. The minimum absolute atomic E-state index is 0.181. The highest BCUT2D eigenvalue weighted by Gasteiger charge is 2.09. The van der Waals surface area contributed by atoms with Crippen molar-refractivity contribution in [1.29, 1.82) is 0 Å². The highest BCUT2D eigenvalue weighted by atomic mass is 19.1. The lowest BCUT2D eigenvalue weighted by molar-refractivity contribution is 0.440. The Bertz CT molecular complexity index is 551. The van der Waals surface area contributed by atoms with E-state index in [-0.39, 0.29) is 11.8 Å². The highest BCUT2D eigenvalue weighted by molar-refractivity contribution is 5.33. The molecule has 1 atom stereocenters. The topological polar surface area (TPSA) is 53.1 Å². The van der Waals surface area contributed by atoms with Crippen LogP contribution in [-0.2, 0) is 6.54 Å². The Balaban J connectivity index is 2.13. The fourth-order valence-electron chi connectivity index (χ4n) is 1.76. The first-order valence-corrected chi connectivity index (χ1v) is 6.35. The summed E-state index contributed by atoms with van der Waals surface area (Å²) in [5.74, 6) is 0.291. The summed E-state index contributed by atoms with van der Waals surface area (Å²) in [7, 11) is 0. The van der Waals surface area contributed by atoms with Gasteiger partial charge in [-0.15, -0.1) is 0 Å². The Labute approximate surface area is 112 Å². The average molecular weight is 263 g/mol. The molecule has 1 heterocycles. The van der Waals surface area contributed by atoms with E-state index in [0.717, 1.165) is 18.5 Å². The lowest BCUT2D eigenvalue weighted by Gasteiger charge is -2.08. The van der Waals surface area contributed by atoms with Crippen LogP contribution in [0.15, 0.2) is 30.6 Å². The molecule has 0 saturated heterocycles. The molecule has 0 unspecified atom stereocenters. The molecule has 0 amide bonds. The van der Waals surface area contributed by atoms with Crippen LogP contribution >= 0.6 is 0 Å². The molecular weight excluding hydrogens is 245 g/mol. The number of ether oxygens (including phenoxy) is 1. The van der Waals surface area contributed by atoms with Crippen molar-refractivity contribution in [3.63, 3.8) is 0 Å². The second-order valence-corrected chi connectivity index (χ2v) is 4.52. The first-order valence-electron chi connectivity index (χ1n) is 6.35. The molecule has 19 heavy (non-hydrogen) atoms. The summed E-state index contributed by atoms with van der Waals surface area (Å²) in [4.78, 5) is 0. The lowest BCUT2D eigenvalue weighted by atomic mass is 10.1. The van der Waals surface area contributed by atoms with E-state index in [1.807, 2.05) is 6.92 Å². The maximum atomic E-state index is 13.8. The Kier molecular flexibility index (Phi) is 4.16. The van der Waals surface area contributed by atoms with Crippen molar-refractivity contribution in [3.05, 3.63) is 42.0 Å². The molecule has 0 bridgehead atoms. The van der Waals surface area contributed by atoms with Crippen molar-refractivity contribution in [3.8, 4) is 11.5 Å². The molecule has 0 aliphatic rings. The van der Waals surface area contributed by atoms with Crippen molar-refractivity contribution in [1.82, 2.24) is 9.78 Å². The molecule has 2 N–H and O–H groups in total. The SMILES string of the molecule is CCCn1cc(Oc2ccc([C@H](C)N)cc2F)cn1. The van der Waals surface area contributed by atoms with Crippen molar-refractivity contribution < 1.29 is 9.13 Å². The molecule has 0 radical (unpaired) electrons. The van der Waals surface area contributed by atoms with Gasteiger partial charge in [0.1, 0.15) is 0 Å². The molecule has 102 valence electrons. The lowest BCUT2D eigenvalue weighted by Crippen LogP contribution is -2.05. The summed E-state index contributed by atoms with van der Waals surface area (Å²) >= 11 is 0. The van der Waals surface area contributed by atoms with Crippen molar-refractivity contribution in [2.24, 2.45) is 5.73 Å². The molecule has 2 aromatic rings. The molecular formula is C14H18FN3O. The van der Waals surface area contributed by atoms with E-state index < -0.39 is 5.82 Å². The van der Waals surface area contributed by atoms with Gasteiger partial charge in [0.15, 0.2) is 17.3 Å². The van der Waals surface area contributed by atoms with Crippen LogP contribution in [0.5, 0.6) is 11.5 Å². The number of nitrogens with two attached hydrogens (primary N) is 1. The monoisotopic (exact) mass is 263 g/mol. The third-order valence-electron chi connectivity index (χ3n) is 2.77. The summed E-state index contributed by atoms with van der Waals surface area (Å²) < 4.78 is 21.1. The molecule has 0 fully saturated rings. The molecule has 0 saturated carbocycles. The fourth-order valence-corrected chi connectivity index (χ4v) is 1.76. The van der Waals surface area contributed by atoms with Gasteiger partial charge >= 0.3 is 0 Å². The molecule has 0 aliphatic heterocycles. The van der Waals surface area contributed by atoms with Gasteiger partial charge in [0, 0.05) is 12.6 Å². The third kappa shape index (κ3) is 3.32. The number of benzene rings is 1. The zero-order chi connectivity index (χ0) is 13.8. The smallest absolute Gasteiger partial charge is 0.166 e. The molecule has 1 aromatic carbocycles. The van der Waals surface area contributed by atoms with Gasteiger partial charge in [0.2, 0.25) is 0 Å². The van der Waals surface area contributed by atoms with Gasteiger partial charge in [-0.1, -0.05) is 13.0 Å². The van der Waals surface area contributed by atoms with Gasteiger partial charge in [0.05, 0.1) is 12.4 Å². The van der Waals surface area contributed by atoms with Crippen molar-refractivity contribution in [2.45, 2.75) is 32.9 Å². The standard InChI is InChI=1S/C14H18FN3O/c1-3-6-18-9-12(8-17-18)19-14-5-4-11(10(2)16)7-13(14)15/h4-5,7-10H,3,6,16H2,1-2H3/t10-/m0/s1. The second kappa shape index (κ2) is 5.84. The average Bonchev–Trinajstić information content (AvgIpc) is 2.79. The van der Waals surface area contributed by atoms with E-state index in [2.05, 4.69) is 12.0 Å². The highest BCUT2D eigenvalue weighted by Crippen LogP contribution is 2.26. The Hall–Kier alpha value is -1.88. The molecule has 5 heteroatoms. The predicted octanol–water partition coefficient (Wildman–Crippen LogP) is 3.24. The van der Waals surface area contributed by atoms with Crippen LogP contribution in [0.3, 0.4) is 0 Å². The van der Waals surface area contributed by atoms with Gasteiger partial charge in [-0.3, -0.25) is 4.68 Å². The van der Waals surface area contributed by atoms with Crippen LogP contribution in [-0.4, -0.2) is 9.78 Å². The van der Waals surface area contributed by atoms with Crippen LogP contribution in [0.2, 0.25) is 0 Å². The summed E-state index contributed by atoms with van der Waals surface area (Å²) in [6.07, 6.45) is 4.32. The predicted molar refractivity (Wildman–Crippen MR) is 71.6 cm³/mol. The van der Waals surface area contributed by atoms with Crippen LogP contribution in [0, 0.1) is 5.82 Å². The van der Waals surface area contributed by atoms with E-state index in [9.17, 15) is 4.39 Å². The zero-order valence-corrected chi connectivity index (χ0v) is 11.1. The van der Waals surface area contributed by atoms with E-state index in [1.165, 1.54) is 6.07 Å². The van der Waals surface area contributed by atoms with Crippen LogP contribution in [0.1, 0.15) is 31.9 Å². The van der Waals surface area contributed by atoms with Crippen molar-refractivity contribution >= 4 is 0 Å². The second-order valence-electron chi connectivity index (χ2n) is 4.52. The van der Waals surface area contributed by atoms with Gasteiger partial charge in [-0.05, 0) is 31.0 Å². The first-order chi connectivity index (χ1) is 9.10. The molecule has 1 aromatic heterocycles. The first kappa shape index (κ1) is 13.5. The van der Waals surface area contributed by atoms with Crippen LogP contribution in [0.25, 0.3) is 0 Å². The summed E-state index contributed by atoms with van der Waals surface area (Å²) in [5.41, 5.74) is 6.44. The minimum atomic E-state index is -0.418. The Morgan fingerprint density at radius 3 is 2.89 bits per heavy atom. The number of aromatic nitrogens is 2. The van der Waals surface area contributed by atoms with Gasteiger partial charge < -0.3 is 10.5 Å². The Morgan fingerprint density at radius 1 is 1.47 bits per heavy atom. The van der Waals surface area contributed by atoms with E-state index in [4.69, 9.17) is 10.5 Å². The molecule has 0 aliphatic carbocycles. The van der Waals surface area contributed by atoms with E-state index in [1.54, 1.807) is 29.2 Å². The van der Waals surface area contributed by atoms with E-state index >= 15 is 0 Å². The number of hydrogen-bond acceptors (Lipinski definition) is 3. The number of hydrogen-bond donors (Lipinski definition) is 1. The summed E-state index contributed by atoms with van der Waals surface area (Å²) in [6.45, 7) is 4.69. The fraction of sp³-hybridized carbons (Fsp3) is 0.357. The van der Waals surface area contributed by atoms with Gasteiger partial charge in [-0.2, -0.15) is 5.10 Å². The number of halogens is 1. The van der Waals surface area contributed by atoms with Crippen molar-refractivity contribution in [2.75, 3.05) is 0 Å². The normalized spacial score (nSPS) is 12.4. The minimum Gasteiger partial charge on any atom is -0.451 e. The molecule has 4 nitrogen and oxygen atoms in total. The third-order valence-corrected chi connectivity index (χ3v) is 2.77. The number of aryl methyl sites for hydroxylation is 1. The largest absolute Gasteiger partial charge is 0.451 e. The summed E-state index contributed by atoms with van der Waals surface area (Å²) in [5, 5.41) is 4.13. The Morgan fingerprint density at radius 2 is 2.26 bits per heavy atom. The van der Waals surface area contributed by atoms with Crippen LogP contribution < -0.4 is 10.5 Å². The molecule has 0 spiro atoms. The quantitative estimate of drug-likeness (QED) is 0.901. The van der Waals surface area contributed by atoms with E-state index in [0.29, 0.717) is 5.75 Å². The maximum absolute atomic E-state index is 13.8. The number of rotatable bonds is 5.